The quantitative estimate of drug-likeness (QED) is 0.466. The summed E-state index contributed by atoms with van der Waals surface area (Å²) in [5.41, 5.74) is 3.31. The van der Waals surface area contributed by atoms with Crippen molar-refractivity contribution in [3.05, 3.63) is 59.3 Å². The molecule has 32 heavy (non-hydrogen) atoms. The number of ether oxygens (including phenoxy) is 2. The van der Waals surface area contributed by atoms with Gasteiger partial charge in [0.2, 0.25) is 0 Å². The van der Waals surface area contributed by atoms with Gasteiger partial charge in [0.05, 0.1) is 19.8 Å². The summed E-state index contributed by atoms with van der Waals surface area (Å²) in [5.74, 6) is 1.34. The van der Waals surface area contributed by atoms with E-state index in [1.165, 1.54) is 0 Å². The van der Waals surface area contributed by atoms with Crippen molar-refractivity contribution in [1.82, 2.24) is 15.1 Å². The van der Waals surface area contributed by atoms with Crippen molar-refractivity contribution in [3.8, 4) is 28.5 Å². The third-order valence-electron chi connectivity index (χ3n) is 5.75. The Kier molecular flexibility index (Phi) is 6.35. The standard InChI is InChI=1S/C25H29N3O4/c1-4-6-14-32-19-12-11-16(15-20(19)31-3)24-21-22(17-9-7-8-10-18(17)29)26-27-23(21)25(30)28(24)13-5-2/h7-12,15,24,29H,4-6,13-14H2,1-3H3,(H,26,27)/t24-/m0/s1. The molecule has 0 fully saturated rings. The molecule has 4 rings (SSSR count). The largest absolute Gasteiger partial charge is 0.507 e. The summed E-state index contributed by atoms with van der Waals surface area (Å²) in [5, 5.41) is 17.8. The fourth-order valence-electron chi connectivity index (χ4n) is 4.19. The molecule has 3 aromatic rings. The van der Waals surface area contributed by atoms with Gasteiger partial charge in [0, 0.05) is 17.7 Å². The molecule has 7 nitrogen and oxygen atoms in total. The summed E-state index contributed by atoms with van der Waals surface area (Å²) in [6.45, 7) is 5.39. The Bertz CT molecular complexity index is 1110. The van der Waals surface area contributed by atoms with Crippen LogP contribution >= 0.6 is 0 Å². The third-order valence-corrected chi connectivity index (χ3v) is 5.75. The minimum atomic E-state index is -0.343. The van der Waals surface area contributed by atoms with Crippen LogP contribution in [0.2, 0.25) is 0 Å². The Hall–Kier alpha value is -3.48. The number of H-pyrrole nitrogens is 1. The second-order valence-electron chi connectivity index (χ2n) is 7.89. The molecule has 0 spiro atoms. The monoisotopic (exact) mass is 435 g/mol. The highest BCUT2D eigenvalue weighted by Gasteiger charge is 2.42. The zero-order valence-electron chi connectivity index (χ0n) is 18.7. The van der Waals surface area contributed by atoms with E-state index in [9.17, 15) is 9.90 Å². The second kappa shape index (κ2) is 9.34. The number of carbonyl (C=O) groups excluding carboxylic acids is 1. The summed E-state index contributed by atoms with van der Waals surface area (Å²) in [6, 6.07) is 12.5. The van der Waals surface area contributed by atoms with Crippen molar-refractivity contribution >= 4 is 5.91 Å². The predicted molar refractivity (Wildman–Crippen MR) is 122 cm³/mol. The zero-order valence-corrected chi connectivity index (χ0v) is 18.7. The van der Waals surface area contributed by atoms with Crippen LogP contribution in [0.5, 0.6) is 17.2 Å². The summed E-state index contributed by atoms with van der Waals surface area (Å²) in [6.07, 6.45) is 2.84. The smallest absolute Gasteiger partial charge is 0.273 e. The van der Waals surface area contributed by atoms with Gasteiger partial charge in [-0.2, -0.15) is 5.10 Å². The Balaban J connectivity index is 1.81. The lowest BCUT2D eigenvalue weighted by Gasteiger charge is -2.26. The van der Waals surface area contributed by atoms with Gasteiger partial charge in [-0.05, 0) is 42.7 Å². The van der Waals surface area contributed by atoms with Crippen LogP contribution in [-0.2, 0) is 0 Å². The van der Waals surface area contributed by atoms with E-state index in [1.807, 2.05) is 36.1 Å². The zero-order chi connectivity index (χ0) is 22.7. The average molecular weight is 436 g/mol. The van der Waals surface area contributed by atoms with Crippen molar-refractivity contribution in [2.75, 3.05) is 20.3 Å². The molecule has 0 saturated heterocycles. The van der Waals surface area contributed by atoms with E-state index in [-0.39, 0.29) is 17.7 Å². The van der Waals surface area contributed by atoms with E-state index in [4.69, 9.17) is 9.47 Å². The first-order chi connectivity index (χ1) is 15.6. The van der Waals surface area contributed by atoms with Crippen molar-refractivity contribution in [2.45, 2.75) is 39.2 Å². The van der Waals surface area contributed by atoms with Gasteiger partial charge in [0.1, 0.15) is 17.1 Å². The van der Waals surface area contributed by atoms with Gasteiger partial charge in [-0.15, -0.1) is 0 Å². The number of hydrogen-bond donors (Lipinski definition) is 2. The van der Waals surface area contributed by atoms with Crippen LogP contribution in [0.4, 0.5) is 0 Å². The molecule has 0 saturated carbocycles. The summed E-state index contributed by atoms with van der Waals surface area (Å²) in [7, 11) is 1.62. The minimum Gasteiger partial charge on any atom is -0.507 e. The number of nitrogens with zero attached hydrogens (tertiary/aromatic N) is 2. The van der Waals surface area contributed by atoms with Gasteiger partial charge in [0.15, 0.2) is 11.5 Å². The van der Waals surface area contributed by atoms with Crippen molar-refractivity contribution in [2.24, 2.45) is 0 Å². The maximum atomic E-state index is 13.2. The van der Waals surface area contributed by atoms with Crippen LogP contribution in [0.15, 0.2) is 42.5 Å². The lowest BCUT2D eigenvalue weighted by Crippen LogP contribution is -2.30. The number of para-hydroxylation sites is 1. The fourth-order valence-corrected chi connectivity index (χ4v) is 4.19. The fraction of sp³-hybridized carbons (Fsp3) is 0.360. The maximum Gasteiger partial charge on any atom is 0.273 e. The first-order valence-corrected chi connectivity index (χ1v) is 11.1. The van der Waals surface area contributed by atoms with Crippen LogP contribution in [0, 0.1) is 0 Å². The number of fused-ring (bicyclic) bond motifs is 1. The van der Waals surface area contributed by atoms with E-state index in [1.54, 1.807) is 25.3 Å². The number of methoxy groups -OCH3 is 1. The van der Waals surface area contributed by atoms with E-state index >= 15 is 0 Å². The van der Waals surface area contributed by atoms with Gasteiger partial charge in [-0.25, -0.2) is 0 Å². The summed E-state index contributed by atoms with van der Waals surface area (Å²) >= 11 is 0. The van der Waals surface area contributed by atoms with Gasteiger partial charge in [-0.3, -0.25) is 9.89 Å². The number of phenolic OH excluding ortho intramolecular Hbond substituents is 1. The van der Waals surface area contributed by atoms with E-state index < -0.39 is 0 Å². The number of amides is 1. The highest BCUT2D eigenvalue weighted by atomic mass is 16.5. The van der Waals surface area contributed by atoms with Gasteiger partial charge in [0.25, 0.3) is 5.91 Å². The molecule has 168 valence electrons. The molecule has 0 radical (unpaired) electrons. The van der Waals surface area contributed by atoms with E-state index in [2.05, 4.69) is 17.1 Å². The first kappa shape index (κ1) is 21.7. The number of rotatable bonds is 9. The Morgan fingerprint density at radius 1 is 1.12 bits per heavy atom. The number of benzene rings is 2. The van der Waals surface area contributed by atoms with Crippen LogP contribution in [0.3, 0.4) is 0 Å². The summed E-state index contributed by atoms with van der Waals surface area (Å²) < 4.78 is 11.5. The lowest BCUT2D eigenvalue weighted by molar-refractivity contribution is 0.0743. The minimum absolute atomic E-state index is 0.0942. The van der Waals surface area contributed by atoms with Gasteiger partial charge in [-0.1, -0.05) is 38.5 Å². The molecule has 1 aromatic heterocycles. The molecule has 1 atom stereocenters. The van der Waals surface area contributed by atoms with Crippen LogP contribution in [-0.4, -0.2) is 46.4 Å². The number of hydrogen-bond acceptors (Lipinski definition) is 5. The Morgan fingerprint density at radius 2 is 1.94 bits per heavy atom. The normalized spacial score (nSPS) is 15.2. The van der Waals surface area contributed by atoms with E-state index in [0.29, 0.717) is 41.6 Å². The number of unbranched alkanes of at least 4 members (excludes halogenated alkanes) is 1. The topological polar surface area (TPSA) is 87.7 Å². The molecule has 7 heteroatoms. The Morgan fingerprint density at radius 3 is 2.66 bits per heavy atom. The van der Waals surface area contributed by atoms with Crippen molar-refractivity contribution < 1.29 is 19.4 Å². The second-order valence-corrected chi connectivity index (χ2v) is 7.89. The molecule has 2 N–H and O–H groups in total. The average Bonchev–Trinajstić information content (AvgIpc) is 3.34. The molecule has 1 amide bonds. The van der Waals surface area contributed by atoms with Gasteiger partial charge < -0.3 is 19.5 Å². The van der Waals surface area contributed by atoms with Gasteiger partial charge >= 0.3 is 0 Å². The SMILES string of the molecule is CCCCOc1ccc([C@H]2c3c(-c4ccccc4O)n[nH]c3C(=O)N2CCC)cc1OC. The van der Waals surface area contributed by atoms with Crippen LogP contribution in [0.25, 0.3) is 11.3 Å². The van der Waals surface area contributed by atoms with Crippen molar-refractivity contribution in [3.63, 3.8) is 0 Å². The first-order valence-electron chi connectivity index (χ1n) is 11.1. The van der Waals surface area contributed by atoms with Crippen LogP contribution in [0.1, 0.15) is 60.8 Å². The maximum absolute atomic E-state index is 13.2. The molecule has 0 bridgehead atoms. The number of carbonyl (C=O) groups is 1. The molecule has 0 unspecified atom stereocenters. The predicted octanol–water partition coefficient (Wildman–Crippen LogP) is 4.93. The molecule has 1 aliphatic heterocycles. The summed E-state index contributed by atoms with van der Waals surface area (Å²) in [4.78, 5) is 15.1. The number of aromatic hydroxyl groups is 1. The van der Waals surface area contributed by atoms with Crippen molar-refractivity contribution in [1.29, 1.82) is 0 Å². The van der Waals surface area contributed by atoms with E-state index in [0.717, 1.165) is 30.4 Å². The molecular weight excluding hydrogens is 406 g/mol. The number of phenols is 1. The Labute approximate surface area is 188 Å². The molecule has 0 aliphatic carbocycles. The third kappa shape index (κ3) is 3.79. The molecule has 2 heterocycles. The number of aromatic amines is 1. The molecule has 2 aromatic carbocycles. The lowest BCUT2D eigenvalue weighted by atomic mass is 9.95. The highest BCUT2D eigenvalue weighted by molar-refractivity contribution is 6.00. The number of aromatic nitrogens is 2. The highest BCUT2D eigenvalue weighted by Crippen LogP contribution is 2.45. The molecular formula is C25H29N3O4. The molecule has 1 aliphatic rings. The number of nitrogens with one attached hydrogen (secondary N) is 1. The van der Waals surface area contributed by atoms with Crippen LogP contribution < -0.4 is 9.47 Å².